The summed E-state index contributed by atoms with van der Waals surface area (Å²) in [6.45, 7) is 0.802. The third-order valence-electron chi connectivity index (χ3n) is 3.79. The molecule has 1 aliphatic heterocycles. The Bertz CT molecular complexity index is 514. The molecule has 0 spiro atoms. The van der Waals surface area contributed by atoms with Gasteiger partial charge in [-0.05, 0) is 31.0 Å². The van der Waals surface area contributed by atoms with Crippen molar-refractivity contribution in [2.45, 2.75) is 31.6 Å². The van der Waals surface area contributed by atoms with E-state index >= 15 is 0 Å². The summed E-state index contributed by atoms with van der Waals surface area (Å²) in [5, 5.41) is 0. The minimum Gasteiger partial charge on any atom is -0.347 e. The normalized spacial score (nSPS) is 19.8. The Labute approximate surface area is 122 Å². The van der Waals surface area contributed by atoms with Crippen LogP contribution in [-0.2, 0) is 17.5 Å². The van der Waals surface area contributed by atoms with E-state index in [1.165, 1.54) is 17.0 Å². The van der Waals surface area contributed by atoms with Gasteiger partial charge in [0.2, 0.25) is 5.91 Å². The third kappa shape index (κ3) is 3.56. The molecule has 1 aliphatic rings. The van der Waals surface area contributed by atoms with Crippen LogP contribution in [0.25, 0.3) is 0 Å². The summed E-state index contributed by atoms with van der Waals surface area (Å²) in [5.74, 6) is -0.0445. The van der Waals surface area contributed by atoms with E-state index < -0.39 is 11.7 Å². The number of carbonyl (C=O) groups is 1. The second-order valence-electron chi connectivity index (χ2n) is 5.52. The van der Waals surface area contributed by atoms with Crippen molar-refractivity contribution in [2.24, 2.45) is 0 Å². The molecule has 0 bridgehead atoms. The van der Waals surface area contributed by atoms with Crippen molar-refractivity contribution in [2.75, 3.05) is 20.6 Å². The van der Waals surface area contributed by atoms with Gasteiger partial charge in [0.25, 0.3) is 0 Å². The van der Waals surface area contributed by atoms with Gasteiger partial charge >= 0.3 is 6.18 Å². The highest BCUT2D eigenvalue weighted by Gasteiger charge is 2.36. The van der Waals surface area contributed by atoms with Gasteiger partial charge in [0.1, 0.15) is 0 Å². The molecule has 0 aliphatic carbocycles. The number of alkyl halides is 3. The summed E-state index contributed by atoms with van der Waals surface area (Å²) in [6.07, 6.45) is -2.83. The number of likely N-dealkylation sites (N-methyl/N-ethyl adjacent to an activating group) is 1. The third-order valence-corrected chi connectivity index (χ3v) is 3.79. The molecule has 0 aromatic heterocycles. The van der Waals surface area contributed by atoms with Gasteiger partial charge in [0.15, 0.2) is 0 Å². The van der Waals surface area contributed by atoms with Crippen LogP contribution in [0.15, 0.2) is 24.3 Å². The Kier molecular flexibility index (Phi) is 4.56. The van der Waals surface area contributed by atoms with E-state index in [0.29, 0.717) is 13.0 Å². The van der Waals surface area contributed by atoms with E-state index in [4.69, 9.17) is 0 Å². The van der Waals surface area contributed by atoms with E-state index in [2.05, 4.69) is 0 Å². The maximum absolute atomic E-state index is 13.0. The molecule has 0 saturated carbocycles. The molecule has 21 heavy (non-hydrogen) atoms. The van der Waals surface area contributed by atoms with Gasteiger partial charge in [0.05, 0.1) is 11.6 Å². The van der Waals surface area contributed by atoms with Crippen molar-refractivity contribution in [3.8, 4) is 0 Å². The average molecular weight is 300 g/mol. The molecule has 6 heteroatoms. The molecule has 1 amide bonds. The van der Waals surface area contributed by atoms with E-state index in [1.54, 1.807) is 20.2 Å². The van der Waals surface area contributed by atoms with Gasteiger partial charge in [-0.25, -0.2) is 0 Å². The minimum atomic E-state index is -4.36. The number of rotatable bonds is 3. The lowest BCUT2D eigenvalue weighted by molar-refractivity contribution is -0.138. The lowest BCUT2D eigenvalue weighted by Crippen LogP contribution is -2.42. The van der Waals surface area contributed by atoms with Gasteiger partial charge in [-0.1, -0.05) is 18.2 Å². The van der Waals surface area contributed by atoms with E-state index in [0.717, 1.165) is 12.5 Å². The molecule has 1 heterocycles. The molecule has 2 rings (SSSR count). The number of hydrogen-bond acceptors (Lipinski definition) is 2. The first-order valence-electron chi connectivity index (χ1n) is 6.91. The van der Waals surface area contributed by atoms with Gasteiger partial charge in [-0.2, -0.15) is 13.2 Å². The van der Waals surface area contributed by atoms with Crippen molar-refractivity contribution >= 4 is 5.91 Å². The Hall–Kier alpha value is -1.56. The predicted molar refractivity (Wildman–Crippen MR) is 73.6 cm³/mol. The summed E-state index contributed by atoms with van der Waals surface area (Å²) < 4.78 is 39.0. The number of hydrogen-bond donors (Lipinski definition) is 0. The van der Waals surface area contributed by atoms with Gasteiger partial charge in [-0.15, -0.1) is 0 Å². The van der Waals surface area contributed by atoms with Crippen LogP contribution in [-0.4, -0.2) is 42.4 Å². The highest BCUT2D eigenvalue weighted by atomic mass is 19.4. The number of likely N-dealkylation sites (tertiary alicyclic amines) is 1. The van der Waals surface area contributed by atoms with Crippen LogP contribution in [0.4, 0.5) is 13.2 Å². The molecule has 1 aromatic carbocycles. The fourth-order valence-electron chi connectivity index (χ4n) is 2.75. The Morgan fingerprint density at radius 3 is 2.62 bits per heavy atom. The van der Waals surface area contributed by atoms with Crippen LogP contribution in [0.3, 0.4) is 0 Å². The number of nitrogens with zero attached hydrogens (tertiary/aromatic N) is 2. The fourth-order valence-corrected chi connectivity index (χ4v) is 2.75. The predicted octanol–water partition coefficient (Wildman–Crippen LogP) is 2.76. The summed E-state index contributed by atoms with van der Waals surface area (Å²) >= 11 is 0. The van der Waals surface area contributed by atoms with Crippen LogP contribution in [0, 0.1) is 0 Å². The molecule has 1 saturated heterocycles. The standard InChI is InChI=1S/C15H19F3N2O/c1-19(2)14(21)13-8-5-9-20(13)10-11-6-3-4-7-12(11)15(16,17)18/h3-4,6-7,13H,5,8-10H2,1-2H3. The Morgan fingerprint density at radius 1 is 1.33 bits per heavy atom. The van der Waals surface area contributed by atoms with Crippen LogP contribution >= 0.6 is 0 Å². The molecule has 1 atom stereocenters. The lowest BCUT2D eigenvalue weighted by atomic mass is 10.1. The highest BCUT2D eigenvalue weighted by molar-refractivity contribution is 5.81. The zero-order valence-corrected chi connectivity index (χ0v) is 12.2. The summed E-state index contributed by atoms with van der Waals surface area (Å²) in [4.78, 5) is 15.4. The molecule has 1 fully saturated rings. The maximum atomic E-state index is 13.0. The van der Waals surface area contributed by atoms with Crippen molar-refractivity contribution < 1.29 is 18.0 Å². The molecule has 116 valence electrons. The molecular formula is C15H19F3N2O. The summed E-state index contributed by atoms with van der Waals surface area (Å²) in [5.41, 5.74) is -0.392. The number of carbonyl (C=O) groups excluding carboxylic acids is 1. The zero-order chi connectivity index (χ0) is 15.6. The molecule has 0 N–H and O–H groups in total. The molecule has 1 aromatic rings. The molecular weight excluding hydrogens is 281 g/mol. The Morgan fingerprint density at radius 2 is 2.00 bits per heavy atom. The number of halogens is 3. The van der Waals surface area contributed by atoms with Gasteiger partial charge in [-0.3, -0.25) is 9.69 Å². The lowest BCUT2D eigenvalue weighted by Gasteiger charge is -2.27. The van der Waals surface area contributed by atoms with Gasteiger partial charge < -0.3 is 4.90 Å². The van der Waals surface area contributed by atoms with Crippen LogP contribution in [0.2, 0.25) is 0 Å². The van der Waals surface area contributed by atoms with Crippen LogP contribution < -0.4 is 0 Å². The van der Waals surface area contributed by atoms with E-state index in [-0.39, 0.29) is 24.1 Å². The summed E-state index contributed by atoms with van der Waals surface area (Å²) in [7, 11) is 3.34. The van der Waals surface area contributed by atoms with Gasteiger partial charge in [0, 0.05) is 20.6 Å². The topological polar surface area (TPSA) is 23.6 Å². The molecule has 0 radical (unpaired) electrons. The molecule has 3 nitrogen and oxygen atoms in total. The average Bonchev–Trinajstić information content (AvgIpc) is 2.85. The van der Waals surface area contributed by atoms with Crippen molar-refractivity contribution in [1.82, 2.24) is 9.80 Å². The summed E-state index contributed by atoms with van der Waals surface area (Å²) in [6, 6.07) is 5.25. The Balaban J connectivity index is 2.20. The first kappa shape index (κ1) is 15.8. The SMILES string of the molecule is CN(C)C(=O)C1CCCN1Cc1ccccc1C(F)(F)F. The quantitative estimate of drug-likeness (QED) is 0.857. The zero-order valence-electron chi connectivity index (χ0n) is 12.2. The monoisotopic (exact) mass is 300 g/mol. The second kappa shape index (κ2) is 6.05. The van der Waals surface area contributed by atoms with Crippen LogP contribution in [0.1, 0.15) is 24.0 Å². The number of amides is 1. The van der Waals surface area contributed by atoms with E-state index in [9.17, 15) is 18.0 Å². The smallest absolute Gasteiger partial charge is 0.347 e. The van der Waals surface area contributed by atoms with E-state index in [1.807, 2.05) is 4.90 Å². The first-order valence-corrected chi connectivity index (χ1v) is 6.91. The first-order chi connectivity index (χ1) is 9.80. The minimum absolute atomic E-state index is 0.0445. The highest BCUT2D eigenvalue weighted by Crippen LogP contribution is 2.33. The largest absolute Gasteiger partial charge is 0.416 e. The van der Waals surface area contributed by atoms with Crippen molar-refractivity contribution in [3.63, 3.8) is 0 Å². The second-order valence-corrected chi connectivity index (χ2v) is 5.52. The number of benzene rings is 1. The maximum Gasteiger partial charge on any atom is 0.416 e. The molecule has 1 unspecified atom stereocenters. The van der Waals surface area contributed by atoms with Crippen molar-refractivity contribution in [3.05, 3.63) is 35.4 Å². The fraction of sp³-hybridized carbons (Fsp3) is 0.533. The van der Waals surface area contributed by atoms with Crippen LogP contribution in [0.5, 0.6) is 0 Å². The van der Waals surface area contributed by atoms with Crippen molar-refractivity contribution in [1.29, 1.82) is 0 Å².